The zero-order valence-electron chi connectivity index (χ0n) is 18.5. The molecule has 2 aliphatic rings. The molecule has 172 valence electrons. The van der Waals surface area contributed by atoms with Gasteiger partial charge in [0.25, 0.3) is 11.8 Å². The van der Waals surface area contributed by atoms with Crippen LogP contribution in [0.2, 0.25) is 0 Å². The number of amides is 2. The minimum atomic E-state index is -0.261. The third-order valence-electron chi connectivity index (χ3n) is 5.77. The first kappa shape index (κ1) is 22.0. The van der Waals surface area contributed by atoms with Crippen LogP contribution in [0.4, 0.5) is 5.69 Å². The van der Waals surface area contributed by atoms with E-state index in [2.05, 4.69) is 22.1 Å². The van der Waals surface area contributed by atoms with Crippen LogP contribution in [0.5, 0.6) is 11.5 Å². The van der Waals surface area contributed by atoms with Gasteiger partial charge in [-0.05, 0) is 37.1 Å². The molecule has 0 spiro atoms. The number of benzene rings is 2. The fourth-order valence-corrected chi connectivity index (χ4v) is 4.92. The number of piperidine rings is 1. The quantitative estimate of drug-likeness (QED) is 0.583. The monoisotopic (exact) mass is 473 g/mol. The van der Waals surface area contributed by atoms with Gasteiger partial charge in [0.15, 0.2) is 11.5 Å². The van der Waals surface area contributed by atoms with Crippen LogP contribution in [-0.4, -0.2) is 48.0 Å². The Hall–Kier alpha value is -3.83. The van der Waals surface area contributed by atoms with Crippen LogP contribution in [0, 0.1) is 11.8 Å². The Bertz CT molecular complexity index is 1250. The third-order valence-corrected chi connectivity index (χ3v) is 6.78. The number of rotatable bonds is 3. The molecule has 0 radical (unpaired) electrons. The number of aromatic nitrogens is 1. The molecule has 2 amide bonds. The second-order valence-corrected chi connectivity index (χ2v) is 8.96. The van der Waals surface area contributed by atoms with Gasteiger partial charge in [-0.15, -0.1) is 11.3 Å². The largest absolute Gasteiger partial charge is 0.486 e. The summed E-state index contributed by atoms with van der Waals surface area (Å²) in [5.74, 6) is 6.78. The number of fused-ring (bicyclic) bond motifs is 1. The number of ether oxygens (including phenoxy) is 2. The summed E-state index contributed by atoms with van der Waals surface area (Å²) in [7, 11) is 0. The second-order valence-electron chi connectivity index (χ2n) is 8.07. The molecule has 5 rings (SSSR count). The van der Waals surface area contributed by atoms with E-state index >= 15 is 0 Å². The molecule has 3 aromatic rings. The fourth-order valence-electron chi connectivity index (χ4n) is 3.95. The number of carbonyl (C=O) groups excluding carboxylic acids is 2. The molecule has 0 aliphatic carbocycles. The Balaban J connectivity index is 1.16. The number of nitrogens with zero attached hydrogens (tertiary/aromatic N) is 2. The average molecular weight is 474 g/mol. The molecule has 3 heterocycles. The van der Waals surface area contributed by atoms with Gasteiger partial charge in [0.05, 0.1) is 5.01 Å². The van der Waals surface area contributed by atoms with Gasteiger partial charge in [-0.3, -0.25) is 9.59 Å². The molecule has 1 fully saturated rings. The van der Waals surface area contributed by atoms with Crippen LogP contribution in [0.3, 0.4) is 0 Å². The maximum atomic E-state index is 12.7. The predicted molar refractivity (Wildman–Crippen MR) is 129 cm³/mol. The van der Waals surface area contributed by atoms with E-state index in [-0.39, 0.29) is 17.7 Å². The lowest BCUT2D eigenvalue weighted by molar-refractivity contribution is -0.126. The Kier molecular flexibility index (Phi) is 6.45. The summed E-state index contributed by atoms with van der Waals surface area (Å²) in [6.45, 7) is 2.27. The SMILES string of the molecule is O=C(Nc1ccc2c(c1)OCCO2)c1csc(C2CCN(C(=O)C#Cc3ccccc3)CC2)n1. The molecule has 34 heavy (non-hydrogen) atoms. The topological polar surface area (TPSA) is 80.8 Å². The molecule has 0 saturated carbocycles. The zero-order chi connectivity index (χ0) is 23.3. The van der Waals surface area contributed by atoms with Gasteiger partial charge in [0.1, 0.15) is 18.9 Å². The molecule has 0 atom stereocenters. The smallest absolute Gasteiger partial charge is 0.298 e. The predicted octanol–water partition coefficient (Wildman–Crippen LogP) is 3.92. The van der Waals surface area contributed by atoms with E-state index in [1.165, 1.54) is 11.3 Å². The highest BCUT2D eigenvalue weighted by Crippen LogP contribution is 2.33. The van der Waals surface area contributed by atoms with E-state index in [4.69, 9.17) is 9.47 Å². The number of carbonyl (C=O) groups is 2. The van der Waals surface area contributed by atoms with Crippen molar-refractivity contribution in [3.05, 3.63) is 70.2 Å². The van der Waals surface area contributed by atoms with Crippen LogP contribution in [0.15, 0.2) is 53.9 Å². The molecule has 1 aromatic heterocycles. The summed E-state index contributed by atoms with van der Waals surface area (Å²) in [4.78, 5) is 31.5. The number of hydrogen-bond acceptors (Lipinski definition) is 6. The Labute approximate surface area is 201 Å². The standard InChI is InChI=1S/C26H23N3O4S/c30-24(9-6-18-4-2-1-3-5-18)29-12-10-19(11-13-29)26-28-21(17-34-26)25(31)27-20-7-8-22-23(16-20)33-15-14-32-22/h1-5,7-8,16-17,19H,10-15H2,(H,27,31). The number of likely N-dealkylation sites (tertiary alicyclic amines) is 1. The fraction of sp³-hybridized carbons (Fsp3) is 0.269. The van der Waals surface area contributed by atoms with Gasteiger partial charge in [0.2, 0.25) is 0 Å². The number of nitrogens with one attached hydrogen (secondary N) is 1. The summed E-state index contributed by atoms with van der Waals surface area (Å²) < 4.78 is 11.1. The van der Waals surface area contributed by atoms with Crippen molar-refractivity contribution in [1.29, 1.82) is 0 Å². The highest BCUT2D eigenvalue weighted by molar-refractivity contribution is 7.10. The molecule has 7 nitrogen and oxygen atoms in total. The lowest BCUT2D eigenvalue weighted by Crippen LogP contribution is -2.37. The summed E-state index contributed by atoms with van der Waals surface area (Å²) in [5.41, 5.74) is 1.85. The van der Waals surface area contributed by atoms with E-state index in [0.717, 1.165) is 23.4 Å². The van der Waals surface area contributed by atoms with Crippen molar-refractivity contribution in [3.8, 4) is 23.3 Å². The van der Waals surface area contributed by atoms with Gasteiger partial charge >= 0.3 is 0 Å². The van der Waals surface area contributed by atoms with Crippen LogP contribution in [-0.2, 0) is 4.79 Å². The molecule has 2 aliphatic heterocycles. The summed E-state index contributed by atoms with van der Waals surface area (Å²) in [6.07, 6.45) is 1.60. The zero-order valence-corrected chi connectivity index (χ0v) is 19.3. The second kappa shape index (κ2) is 9.98. The first-order chi connectivity index (χ1) is 16.7. The van der Waals surface area contributed by atoms with E-state index in [1.54, 1.807) is 28.5 Å². The van der Waals surface area contributed by atoms with Crippen molar-refractivity contribution < 1.29 is 19.1 Å². The Morgan fingerprint density at radius 2 is 1.79 bits per heavy atom. The summed E-state index contributed by atoms with van der Waals surface area (Å²) in [5, 5.41) is 5.58. The van der Waals surface area contributed by atoms with Gasteiger partial charge in [0, 0.05) is 47.6 Å². The maximum absolute atomic E-state index is 12.7. The summed E-state index contributed by atoms with van der Waals surface area (Å²) in [6, 6.07) is 14.8. The lowest BCUT2D eigenvalue weighted by Gasteiger charge is -2.29. The molecule has 8 heteroatoms. The first-order valence-corrected chi connectivity index (χ1v) is 12.1. The third kappa shape index (κ3) is 5.05. The molecular weight excluding hydrogens is 450 g/mol. The van der Waals surface area contributed by atoms with Crippen molar-refractivity contribution in [2.75, 3.05) is 31.6 Å². The van der Waals surface area contributed by atoms with E-state index in [1.807, 2.05) is 30.3 Å². The van der Waals surface area contributed by atoms with Gasteiger partial charge in [-0.2, -0.15) is 0 Å². The molecule has 1 saturated heterocycles. The van der Waals surface area contributed by atoms with E-state index in [0.29, 0.717) is 49.2 Å². The highest BCUT2D eigenvalue weighted by Gasteiger charge is 2.26. The average Bonchev–Trinajstić information content (AvgIpc) is 3.39. The minimum absolute atomic E-state index is 0.152. The number of anilines is 1. The maximum Gasteiger partial charge on any atom is 0.298 e. The van der Waals surface area contributed by atoms with Crippen LogP contribution in [0.1, 0.15) is 39.8 Å². The van der Waals surface area contributed by atoms with Crippen LogP contribution < -0.4 is 14.8 Å². The molecule has 0 bridgehead atoms. The van der Waals surface area contributed by atoms with Crippen molar-refractivity contribution in [3.63, 3.8) is 0 Å². The highest BCUT2D eigenvalue weighted by atomic mass is 32.1. The van der Waals surface area contributed by atoms with Gasteiger partial charge in [-0.1, -0.05) is 24.1 Å². The molecule has 1 N–H and O–H groups in total. The van der Waals surface area contributed by atoms with Crippen molar-refractivity contribution in [2.45, 2.75) is 18.8 Å². The van der Waals surface area contributed by atoms with E-state index in [9.17, 15) is 9.59 Å². The molecule has 2 aromatic carbocycles. The van der Waals surface area contributed by atoms with E-state index < -0.39 is 0 Å². The van der Waals surface area contributed by atoms with Crippen molar-refractivity contribution >= 4 is 28.8 Å². The van der Waals surface area contributed by atoms with Crippen molar-refractivity contribution in [1.82, 2.24) is 9.88 Å². The van der Waals surface area contributed by atoms with Gasteiger partial charge < -0.3 is 19.7 Å². The van der Waals surface area contributed by atoms with Crippen LogP contribution in [0.25, 0.3) is 0 Å². The Morgan fingerprint density at radius 1 is 1.03 bits per heavy atom. The lowest BCUT2D eigenvalue weighted by atomic mass is 9.97. The molecular formula is C26H23N3O4S. The van der Waals surface area contributed by atoms with Crippen LogP contribution >= 0.6 is 11.3 Å². The summed E-state index contributed by atoms with van der Waals surface area (Å²) >= 11 is 1.49. The van der Waals surface area contributed by atoms with Gasteiger partial charge in [-0.25, -0.2) is 4.98 Å². The molecule has 0 unspecified atom stereocenters. The first-order valence-electron chi connectivity index (χ1n) is 11.2. The number of thiazole rings is 1. The Morgan fingerprint density at radius 3 is 2.59 bits per heavy atom. The normalized spacial score (nSPS) is 15.2. The number of hydrogen-bond donors (Lipinski definition) is 1. The minimum Gasteiger partial charge on any atom is -0.486 e. The van der Waals surface area contributed by atoms with Crippen molar-refractivity contribution in [2.24, 2.45) is 0 Å².